The second-order valence-corrected chi connectivity index (χ2v) is 7.14. The SMILES string of the molecule is CCCCSN1CC(c2nc(C3C=C(NC=O)C(F)=CC3)no2)C1. The van der Waals surface area contributed by atoms with Crippen molar-refractivity contribution in [1.82, 2.24) is 19.8 Å². The fourth-order valence-electron chi connectivity index (χ4n) is 2.65. The molecule has 1 aromatic rings. The predicted molar refractivity (Wildman–Crippen MR) is 89.8 cm³/mol. The Labute approximate surface area is 144 Å². The van der Waals surface area contributed by atoms with Crippen molar-refractivity contribution < 1.29 is 13.7 Å². The third-order valence-electron chi connectivity index (χ3n) is 4.15. The van der Waals surface area contributed by atoms with E-state index in [-0.39, 0.29) is 17.5 Å². The summed E-state index contributed by atoms with van der Waals surface area (Å²) in [6, 6.07) is 0. The average Bonchev–Trinajstić information content (AvgIpc) is 3.01. The monoisotopic (exact) mass is 352 g/mol. The van der Waals surface area contributed by atoms with E-state index in [0.29, 0.717) is 24.5 Å². The minimum absolute atomic E-state index is 0.162. The molecule has 0 saturated carbocycles. The lowest BCUT2D eigenvalue weighted by Crippen LogP contribution is -2.40. The highest BCUT2D eigenvalue weighted by Gasteiger charge is 2.33. The molecule has 1 unspecified atom stereocenters. The van der Waals surface area contributed by atoms with E-state index in [1.165, 1.54) is 18.9 Å². The van der Waals surface area contributed by atoms with Gasteiger partial charge in [-0.05, 0) is 25.0 Å². The van der Waals surface area contributed by atoms with Crippen molar-refractivity contribution in [2.45, 2.75) is 38.0 Å². The molecule has 1 atom stereocenters. The molecule has 1 aliphatic carbocycles. The average molecular weight is 352 g/mol. The van der Waals surface area contributed by atoms with Crippen molar-refractivity contribution in [2.24, 2.45) is 0 Å². The fraction of sp³-hybridized carbons (Fsp3) is 0.562. The minimum Gasteiger partial charge on any atom is -0.339 e. The molecule has 6 nitrogen and oxygen atoms in total. The minimum atomic E-state index is -0.430. The lowest BCUT2D eigenvalue weighted by molar-refractivity contribution is -0.108. The Bertz CT molecular complexity index is 640. The standard InChI is InChI=1S/C16H21FN4O2S/c1-2-3-6-24-21-8-12(9-21)16-19-15(20-23-16)11-4-5-13(17)14(7-11)18-10-22/h5,7,10-12H,2-4,6,8-9H2,1H3,(H,18,22). The maximum absolute atomic E-state index is 13.6. The number of nitrogens with zero attached hydrogens (tertiary/aromatic N) is 3. The van der Waals surface area contributed by atoms with E-state index < -0.39 is 5.83 Å². The Hall–Kier alpha value is -1.67. The van der Waals surface area contributed by atoms with Gasteiger partial charge < -0.3 is 9.84 Å². The van der Waals surface area contributed by atoms with E-state index in [4.69, 9.17) is 4.52 Å². The van der Waals surface area contributed by atoms with Crippen LogP contribution in [0.3, 0.4) is 0 Å². The zero-order chi connectivity index (χ0) is 16.9. The first kappa shape index (κ1) is 17.2. The van der Waals surface area contributed by atoms with Crippen LogP contribution in [-0.4, -0.2) is 39.7 Å². The van der Waals surface area contributed by atoms with Crippen LogP contribution in [0.5, 0.6) is 0 Å². The van der Waals surface area contributed by atoms with E-state index in [9.17, 15) is 9.18 Å². The van der Waals surface area contributed by atoms with Gasteiger partial charge in [0.25, 0.3) is 0 Å². The van der Waals surface area contributed by atoms with Gasteiger partial charge in [-0.1, -0.05) is 30.4 Å². The van der Waals surface area contributed by atoms with E-state index in [2.05, 4.69) is 26.7 Å². The van der Waals surface area contributed by atoms with Gasteiger partial charge in [-0.25, -0.2) is 8.70 Å². The zero-order valence-electron chi connectivity index (χ0n) is 13.6. The Balaban J connectivity index is 1.56. The van der Waals surface area contributed by atoms with Crippen LogP contribution in [0.4, 0.5) is 4.39 Å². The summed E-state index contributed by atoms with van der Waals surface area (Å²) in [5, 5.41) is 6.40. The number of rotatable bonds is 8. The van der Waals surface area contributed by atoms with Gasteiger partial charge in [0, 0.05) is 24.8 Å². The van der Waals surface area contributed by atoms with Crippen molar-refractivity contribution in [3.8, 4) is 0 Å². The number of hydrogen-bond donors (Lipinski definition) is 1. The number of hydrogen-bond acceptors (Lipinski definition) is 6. The molecular weight excluding hydrogens is 331 g/mol. The van der Waals surface area contributed by atoms with E-state index in [1.807, 2.05) is 11.9 Å². The first-order chi connectivity index (χ1) is 11.7. The molecule has 0 aromatic carbocycles. The molecule has 1 fully saturated rings. The highest BCUT2D eigenvalue weighted by atomic mass is 32.2. The molecule has 3 rings (SSSR count). The van der Waals surface area contributed by atoms with Crippen molar-refractivity contribution in [2.75, 3.05) is 18.8 Å². The van der Waals surface area contributed by atoms with Crippen LogP contribution >= 0.6 is 11.9 Å². The van der Waals surface area contributed by atoms with Gasteiger partial charge in [0.15, 0.2) is 5.82 Å². The number of unbranched alkanes of at least 4 members (excludes halogenated alkanes) is 1. The molecule has 1 aliphatic heterocycles. The molecule has 1 saturated heterocycles. The Morgan fingerprint density at radius 1 is 1.54 bits per heavy atom. The number of nitrogens with one attached hydrogen (secondary N) is 1. The highest BCUT2D eigenvalue weighted by Crippen LogP contribution is 2.33. The maximum Gasteiger partial charge on any atom is 0.232 e. The summed E-state index contributed by atoms with van der Waals surface area (Å²) in [6.07, 6.45) is 6.42. The Kier molecular flexibility index (Phi) is 5.68. The van der Waals surface area contributed by atoms with Crippen LogP contribution in [0.1, 0.15) is 49.7 Å². The van der Waals surface area contributed by atoms with Crippen molar-refractivity contribution in [3.63, 3.8) is 0 Å². The van der Waals surface area contributed by atoms with Crippen LogP contribution in [0.15, 0.2) is 28.2 Å². The van der Waals surface area contributed by atoms with Gasteiger partial charge in [0.05, 0.1) is 11.6 Å². The Morgan fingerprint density at radius 2 is 2.38 bits per heavy atom. The largest absolute Gasteiger partial charge is 0.339 e. The van der Waals surface area contributed by atoms with Crippen LogP contribution in [0, 0.1) is 0 Å². The van der Waals surface area contributed by atoms with Gasteiger partial charge in [0.1, 0.15) is 5.83 Å². The van der Waals surface area contributed by atoms with Crippen molar-refractivity contribution >= 4 is 18.4 Å². The highest BCUT2D eigenvalue weighted by molar-refractivity contribution is 7.97. The quantitative estimate of drug-likeness (QED) is 0.441. The molecule has 24 heavy (non-hydrogen) atoms. The number of amides is 1. The molecule has 1 aromatic heterocycles. The summed E-state index contributed by atoms with van der Waals surface area (Å²) in [5.74, 6) is 1.99. The molecular formula is C16H21FN4O2S. The molecule has 130 valence electrons. The summed E-state index contributed by atoms with van der Waals surface area (Å²) >= 11 is 1.87. The lowest BCUT2D eigenvalue weighted by atomic mass is 9.97. The van der Waals surface area contributed by atoms with E-state index >= 15 is 0 Å². The molecule has 2 heterocycles. The molecule has 0 spiro atoms. The normalized spacial score (nSPS) is 21.8. The van der Waals surface area contributed by atoms with Gasteiger partial charge >= 0.3 is 0 Å². The van der Waals surface area contributed by atoms with Gasteiger partial charge in [-0.3, -0.25) is 4.79 Å². The van der Waals surface area contributed by atoms with Crippen molar-refractivity contribution in [1.29, 1.82) is 0 Å². The summed E-state index contributed by atoms with van der Waals surface area (Å²) in [4.78, 5) is 15.0. The third kappa shape index (κ3) is 3.87. The van der Waals surface area contributed by atoms with Crippen LogP contribution in [-0.2, 0) is 4.79 Å². The third-order valence-corrected chi connectivity index (χ3v) is 5.28. The first-order valence-electron chi connectivity index (χ1n) is 8.20. The van der Waals surface area contributed by atoms with E-state index in [1.54, 1.807) is 6.08 Å². The molecule has 2 aliphatic rings. The number of carbonyl (C=O) groups is 1. The lowest BCUT2D eigenvalue weighted by Gasteiger charge is -2.35. The molecule has 0 radical (unpaired) electrons. The number of halogens is 1. The van der Waals surface area contributed by atoms with Crippen LogP contribution < -0.4 is 5.32 Å². The van der Waals surface area contributed by atoms with Gasteiger partial charge in [-0.15, -0.1) is 0 Å². The van der Waals surface area contributed by atoms with Gasteiger partial charge in [0.2, 0.25) is 12.3 Å². The van der Waals surface area contributed by atoms with E-state index in [0.717, 1.165) is 18.8 Å². The van der Waals surface area contributed by atoms with Gasteiger partial charge in [-0.2, -0.15) is 4.98 Å². The fourth-order valence-corrected chi connectivity index (χ4v) is 3.90. The second-order valence-electron chi connectivity index (χ2n) is 5.96. The summed E-state index contributed by atoms with van der Waals surface area (Å²) in [6.45, 7) is 4.03. The summed E-state index contributed by atoms with van der Waals surface area (Å²) in [5.41, 5.74) is 0.162. The molecule has 8 heteroatoms. The molecule has 1 amide bonds. The first-order valence-corrected chi connectivity index (χ1v) is 9.15. The predicted octanol–water partition coefficient (Wildman–Crippen LogP) is 2.89. The van der Waals surface area contributed by atoms with Crippen LogP contribution in [0.25, 0.3) is 0 Å². The Morgan fingerprint density at radius 3 is 3.12 bits per heavy atom. The van der Waals surface area contributed by atoms with Crippen molar-refractivity contribution in [3.05, 3.63) is 35.4 Å². The number of allylic oxidation sites excluding steroid dienone is 3. The number of carbonyl (C=O) groups excluding carboxylic acids is 1. The number of aromatic nitrogens is 2. The zero-order valence-corrected chi connectivity index (χ0v) is 14.4. The molecule has 0 bridgehead atoms. The summed E-state index contributed by atoms with van der Waals surface area (Å²) < 4.78 is 21.3. The summed E-state index contributed by atoms with van der Waals surface area (Å²) in [7, 11) is 0. The molecule has 1 N–H and O–H groups in total. The maximum atomic E-state index is 13.6. The second kappa shape index (κ2) is 7.94. The smallest absolute Gasteiger partial charge is 0.232 e. The topological polar surface area (TPSA) is 71.3 Å². The van der Waals surface area contributed by atoms with Crippen LogP contribution in [0.2, 0.25) is 0 Å².